The van der Waals surface area contributed by atoms with Crippen molar-refractivity contribution in [2.45, 2.75) is 51.6 Å². The molecule has 0 aliphatic heterocycles. The molecule has 32 heavy (non-hydrogen) atoms. The van der Waals surface area contributed by atoms with Gasteiger partial charge in [-0.2, -0.15) is 5.10 Å². The topological polar surface area (TPSA) is 79.9 Å². The molecule has 1 aliphatic carbocycles. The first-order chi connectivity index (χ1) is 15.3. The average molecular weight is 447 g/mol. The van der Waals surface area contributed by atoms with Crippen LogP contribution in [0.3, 0.4) is 0 Å². The van der Waals surface area contributed by atoms with E-state index in [0.29, 0.717) is 37.8 Å². The van der Waals surface area contributed by atoms with E-state index in [2.05, 4.69) is 29.1 Å². The highest BCUT2D eigenvalue weighted by molar-refractivity contribution is 5.56. The molecule has 10 heteroatoms. The Bertz CT molecular complexity index is 1020. The number of rotatable bonds is 10. The molecule has 172 valence electrons. The molecule has 0 N–H and O–H groups in total. The first-order valence-corrected chi connectivity index (χ1v) is 10.8. The Morgan fingerprint density at radius 3 is 2.53 bits per heavy atom. The van der Waals surface area contributed by atoms with Crippen molar-refractivity contribution in [3.8, 4) is 17.1 Å². The van der Waals surface area contributed by atoms with Gasteiger partial charge in [0, 0.05) is 38.1 Å². The van der Waals surface area contributed by atoms with Crippen LogP contribution in [0.1, 0.15) is 44.4 Å². The van der Waals surface area contributed by atoms with Crippen molar-refractivity contribution in [1.29, 1.82) is 0 Å². The van der Waals surface area contributed by atoms with E-state index in [1.165, 1.54) is 0 Å². The molecule has 2 aromatic heterocycles. The molecule has 2 heterocycles. The maximum absolute atomic E-state index is 13.4. The summed E-state index contributed by atoms with van der Waals surface area (Å²) in [5.41, 5.74) is 0.827. The number of alkyl halides is 2. The number of ether oxygens (including phenoxy) is 2. The monoisotopic (exact) mass is 446 g/mol. The molecule has 0 atom stereocenters. The lowest BCUT2D eigenvalue weighted by Crippen LogP contribution is -2.38. The van der Waals surface area contributed by atoms with Gasteiger partial charge in [-0.15, -0.1) is 10.2 Å². The number of hydrogen-bond donors (Lipinski definition) is 0. The van der Waals surface area contributed by atoms with Crippen LogP contribution in [0.2, 0.25) is 0 Å². The number of hydrogen-bond acceptors (Lipinski definition) is 6. The third-order valence-electron chi connectivity index (χ3n) is 5.54. The summed E-state index contributed by atoms with van der Waals surface area (Å²) < 4.78 is 41.1. The molecule has 0 saturated heterocycles. The van der Waals surface area contributed by atoms with Gasteiger partial charge in [-0.25, -0.2) is 18.4 Å². The molecule has 1 saturated carbocycles. The van der Waals surface area contributed by atoms with Crippen LogP contribution in [0.15, 0.2) is 30.6 Å². The van der Waals surface area contributed by atoms with Gasteiger partial charge in [0.2, 0.25) is 5.92 Å². The van der Waals surface area contributed by atoms with Crippen molar-refractivity contribution in [2.24, 2.45) is 5.92 Å². The Labute approximate surface area is 185 Å². The quantitative estimate of drug-likeness (QED) is 0.441. The summed E-state index contributed by atoms with van der Waals surface area (Å²) in [6, 6.07) is 7.69. The van der Waals surface area contributed by atoms with Crippen molar-refractivity contribution in [2.75, 3.05) is 20.3 Å². The maximum Gasteiger partial charge on any atom is 0.248 e. The van der Waals surface area contributed by atoms with E-state index in [9.17, 15) is 8.78 Å². The Kier molecular flexibility index (Phi) is 6.50. The van der Waals surface area contributed by atoms with Gasteiger partial charge in [-0.3, -0.25) is 0 Å². The van der Waals surface area contributed by atoms with Gasteiger partial charge in [-0.1, -0.05) is 0 Å². The smallest absolute Gasteiger partial charge is 0.248 e. The van der Waals surface area contributed by atoms with E-state index in [-0.39, 0.29) is 24.8 Å². The summed E-state index contributed by atoms with van der Waals surface area (Å²) in [6.07, 6.45) is 1.89. The molecular formula is C22H28F2N6O2. The van der Waals surface area contributed by atoms with Crippen LogP contribution in [0.25, 0.3) is 11.4 Å². The zero-order valence-electron chi connectivity index (χ0n) is 18.5. The van der Waals surface area contributed by atoms with E-state index in [4.69, 9.17) is 14.5 Å². The van der Waals surface area contributed by atoms with E-state index in [0.717, 1.165) is 17.1 Å². The second-order valence-electron chi connectivity index (χ2n) is 8.45. The average Bonchev–Trinajstić information content (AvgIpc) is 3.35. The summed E-state index contributed by atoms with van der Waals surface area (Å²) in [4.78, 5) is 4.73. The Hall–Kier alpha value is -2.88. The fourth-order valence-corrected chi connectivity index (χ4v) is 3.84. The van der Waals surface area contributed by atoms with E-state index >= 15 is 0 Å². The Morgan fingerprint density at radius 2 is 1.88 bits per heavy atom. The first-order valence-electron chi connectivity index (χ1n) is 10.8. The molecule has 1 aromatic carbocycles. The van der Waals surface area contributed by atoms with Gasteiger partial charge >= 0.3 is 0 Å². The fourth-order valence-electron chi connectivity index (χ4n) is 3.84. The van der Waals surface area contributed by atoms with Crippen molar-refractivity contribution >= 4 is 0 Å². The first kappa shape index (κ1) is 22.3. The van der Waals surface area contributed by atoms with Crippen LogP contribution in [0.4, 0.5) is 8.78 Å². The maximum atomic E-state index is 13.4. The normalized spacial score (nSPS) is 15.8. The lowest BCUT2D eigenvalue weighted by Gasteiger charge is -2.34. The van der Waals surface area contributed by atoms with Crippen LogP contribution in [-0.4, -0.2) is 55.8 Å². The van der Waals surface area contributed by atoms with Gasteiger partial charge in [0.15, 0.2) is 5.82 Å². The number of benzene rings is 1. The molecule has 1 fully saturated rings. The van der Waals surface area contributed by atoms with E-state index < -0.39 is 5.92 Å². The van der Waals surface area contributed by atoms with Gasteiger partial charge in [-0.05, 0) is 44.0 Å². The largest absolute Gasteiger partial charge is 0.491 e. The molecule has 4 rings (SSSR count). The lowest BCUT2D eigenvalue weighted by atomic mass is 9.81. The predicted molar refractivity (Wildman–Crippen MR) is 114 cm³/mol. The molecule has 1 aliphatic rings. The van der Waals surface area contributed by atoms with Crippen LogP contribution in [-0.2, 0) is 17.7 Å². The van der Waals surface area contributed by atoms with Crippen LogP contribution < -0.4 is 4.74 Å². The van der Waals surface area contributed by atoms with Crippen molar-refractivity contribution < 1.29 is 18.3 Å². The molecule has 0 spiro atoms. The summed E-state index contributed by atoms with van der Waals surface area (Å²) in [5.74, 6) is 0.0479. The van der Waals surface area contributed by atoms with Crippen molar-refractivity contribution in [1.82, 2.24) is 29.5 Å². The molecule has 0 bridgehead atoms. The van der Waals surface area contributed by atoms with Gasteiger partial charge in [0.05, 0.1) is 13.0 Å². The number of aromatic nitrogens is 6. The van der Waals surface area contributed by atoms with Crippen LogP contribution in [0.5, 0.6) is 5.75 Å². The number of halogens is 2. The molecule has 0 radical (unpaired) electrons. The van der Waals surface area contributed by atoms with Gasteiger partial charge < -0.3 is 14.0 Å². The van der Waals surface area contributed by atoms with Crippen LogP contribution >= 0.6 is 0 Å². The lowest BCUT2D eigenvalue weighted by molar-refractivity contribution is -0.114. The highest BCUT2D eigenvalue weighted by Gasteiger charge is 2.45. The zero-order valence-corrected chi connectivity index (χ0v) is 18.5. The minimum atomic E-state index is -2.56. The van der Waals surface area contributed by atoms with Crippen molar-refractivity contribution in [3.05, 3.63) is 42.2 Å². The second-order valence-corrected chi connectivity index (χ2v) is 8.45. The zero-order chi connectivity index (χ0) is 22.7. The summed E-state index contributed by atoms with van der Waals surface area (Å²) in [7, 11) is 1.63. The highest BCUT2D eigenvalue weighted by atomic mass is 19.3. The molecule has 0 unspecified atom stereocenters. The fraction of sp³-hybridized carbons (Fsp3) is 0.545. The SMILES string of the molecule is COCCOc1ccc(-c2nc(Cc3nncn3C(C)C)n(CC3CC(F)(F)C3)n2)cc1. The molecule has 3 aromatic rings. The Morgan fingerprint density at radius 1 is 1.12 bits per heavy atom. The molecular weight excluding hydrogens is 418 g/mol. The van der Waals surface area contributed by atoms with Crippen LogP contribution in [0, 0.1) is 5.92 Å². The summed E-state index contributed by atoms with van der Waals surface area (Å²) >= 11 is 0. The summed E-state index contributed by atoms with van der Waals surface area (Å²) in [5, 5.41) is 12.9. The summed E-state index contributed by atoms with van der Waals surface area (Å²) in [6.45, 7) is 5.49. The van der Waals surface area contributed by atoms with E-state index in [1.54, 1.807) is 18.1 Å². The standard InChI is InChI=1S/C22H28F2N6O2/c1-15(2)29-14-25-27-20(29)10-19-26-21(28-30(19)13-16-11-22(23,24)12-16)17-4-6-18(7-5-17)32-9-8-31-3/h4-7,14-16H,8-13H2,1-3H3. The highest BCUT2D eigenvalue weighted by Crippen LogP contribution is 2.43. The van der Waals surface area contributed by atoms with Gasteiger partial charge in [0.25, 0.3) is 0 Å². The minimum absolute atomic E-state index is 0.113. The van der Waals surface area contributed by atoms with Gasteiger partial charge in [0.1, 0.15) is 30.3 Å². The number of nitrogens with zero attached hydrogens (tertiary/aromatic N) is 6. The Balaban J connectivity index is 1.56. The minimum Gasteiger partial charge on any atom is -0.491 e. The van der Waals surface area contributed by atoms with Crippen molar-refractivity contribution in [3.63, 3.8) is 0 Å². The molecule has 0 amide bonds. The van der Waals surface area contributed by atoms with E-state index in [1.807, 2.05) is 28.8 Å². The molecule has 8 nitrogen and oxygen atoms in total. The third-order valence-corrected chi connectivity index (χ3v) is 5.54. The third kappa shape index (κ3) is 5.12. The second kappa shape index (κ2) is 9.32. The number of methoxy groups -OCH3 is 1. The predicted octanol–water partition coefficient (Wildman–Crippen LogP) is 3.78.